The van der Waals surface area contributed by atoms with Crippen molar-refractivity contribution in [2.75, 3.05) is 18.0 Å². The standard InChI is InChI=1S/C21H18ClN5O/c1-14-5-6-17(13-23)20(24-14)27-9-7-15(8-10-27)11-19-25-21(28-26-19)16-3-2-4-18(22)12-16/h2-6,11-12H,7-10H2,1H3. The average molecular weight is 392 g/mol. The fraction of sp³-hybridized carbons (Fsp3) is 0.238. The van der Waals surface area contributed by atoms with Gasteiger partial charge in [0.1, 0.15) is 11.9 Å². The lowest BCUT2D eigenvalue weighted by Crippen LogP contribution is -2.32. The summed E-state index contributed by atoms with van der Waals surface area (Å²) in [5.41, 5.74) is 3.58. The van der Waals surface area contributed by atoms with Gasteiger partial charge in [-0.25, -0.2) is 4.98 Å². The maximum atomic E-state index is 9.34. The van der Waals surface area contributed by atoms with E-state index in [9.17, 15) is 5.26 Å². The molecule has 1 aromatic carbocycles. The fourth-order valence-electron chi connectivity index (χ4n) is 3.24. The first kappa shape index (κ1) is 18.2. The van der Waals surface area contributed by atoms with Gasteiger partial charge >= 0.3 is 0 Å². The van der Waals surface area contributed by atoms with Crippen LogP contribution in [0.2, 0.25) is 5.02 Å². The maximum Gasteiger partial charge on any atom is 0.258 e. The molecule has 7 heteroatoms. The molecule has 0 atom stereocenters. The summed E-state index contributed by atoms with van der Waals surface area (Å²) in [6.07, 6.45) is 3.70. The molecule has 0 aliphatic carbocycles. The summed E-state index contributed by atoms with van der Waals surface area (Å²) < 4.78 is 5.36. The van der Waals surface area contributed by atoms with E-state index in [0.717, 1.165) is 43.0 Å². The quantitative estimate of drug-likeness (QED) is 0.646. The molecule has 3 heterocycles. The zero-order valence-electron chi connectivity index (χ0n) is 15.4. The molecule has 28 heavy (non-hydrogen) atoms. The molecule has 1 fully saturated rings. The van der Waals surface area contributed by atoms with Crippen LogP contribution in [-0.2, 0) is 0 Å². The predicted molar refractivity (Wildman–Crippen MR) is 108 cm³/mol. The number of hydrogen-bond donors (Lipinski definition) is 0. The fourth-order valence-corrected chi connectivity index (χ4v) is 3.43. The molecule has 4 rings (SSSR count). The van der Waals surface area contributed by atoms with Gasteiger partial charge < -0.3 is 9.42 Å². The summed E-state index contributed by atoms with van der Waals surface area (Å²) >= 11 is 6.02. The number of nitrogens with zero attached hydrogens (tertiary/aromatic N) is 5. The molecule has 6 nitrogen and oxygen atoms in total. The molecule has 0 unspecified atom stereocenters. The van der Waals surface area contributed by atoms with E-state index in [1.54, 1.807) is 12.1 Å². The van der Waals surface area contributed by atoms with Crippen LogP contribution in [0.1, 0.15) is 29.9 Å². The van der Waals surface area contributed by atoms with Gasteiger partial charge in [-0.2, -0.15) is 10.2 Å². The summed E-state index contributed by atoms with van der Waals surface area (Å²) in [6.45, 7) is 3.54. The van der Waals surface area contributed by atoms with Crippen LogP contribution in [0.4, 0.5) is 5.82 Å². The Kier molecular flexibility index (Phi) is 5.09. The summed E-state index contributed by atoms with van der Waals surface area (Å²) in [5, 5.41) is 14.0. The van der Waals surface area contributed by atoms with E-state index in [-0.39, 0.29) is 0 Å². The molecule has 1 aliphatic heterocycles. The first-order chi connectivity index (χ1) is 13.6. The van der Waals surface area contributed by atoms with Crippen molar-refractivity contribution in [2.24, 2.45) is 0 Å². The van der Waals surface area contributed by atoms with Crippen molar-refractivity contribution in [1.29, 1.82) is 5.26 Å². The Morgan fingerprint density at radius 3 is 2.75 bits per heavy atom. The number of anilines is 1. The van der Waals surface area contributed by atoms with E-state index >= 15 is 0 Å². The van der Waals surface area contributed by atoms with Crippen LogP contribution in [0.25, 0.3) is 17.5 Å². The van der Waals surface area contributed by atoms with Crippen molar-refractivity contribution in [2.45, 2.75) is 19.8 Å². The van der Waals surface area contributed by atoms with Crippen molar-refractivity contribution >= 4 is 23.5 Å². The molecule has 0 saturated carbocycles. The van der Waals surface area contributed by atoms with Gasteiger partial charge in [-0.05, 0) is 56.2 Å². The van der Waals surface area contributed by atoms with E-state index in [0.29, 0.717) is 22.3 Å². The van der Waals surface area contributed by atoms with E-state index in [2.05, 4.69) is 26.1 Å². The number of pyridine rings is 1. The Labute approximate surface area is 168 Å². The van der Waals surface area contributed by atoms with Crippen LogP contribution in [0.5, 0.6) is 0 Å². The smallest absolute Gasteiger partial charge is 0.258 e. The predicted octanol–water partition coefficient (Wildman–Crippen LogP) is 4.65. The molecule has 0 amide bonds. The number of aryl methyl sites for hydroxylation is 1. The number of halogens is 1. The van der Waals surface area contributed by atoms with Crippen LogP contribution in [0.3, 0.4) is 0 Å². The van der Waals surface area contributed by atoms with Crippen molar-refractivity contribution in [3.63, 3.8) is 0 Å². The third kappa shape index (κ3) is 3.90. The van der Waals surface area contributed by atoms with Crippen molar-refractivity contribution in [3.8, 4) is 17.5 Å². The normalized spacial score (nSPS) is 14.0. The molecule has 0 radical (unpaired) electrons. The molecule has 2 aromatic heterocycles. The van der Waals surface area contributed by atoms with Gasteiger partial charge in [-0.15, -0.1) is 0 Å². The molecule has 1 saturated heterocycles. The first-order valence-electron chi connectivity index (χ1n) is 9.04. The van der Waals surface area contributed by atoms with Gasteiger partial charge in [0.2, 0.25) is 0 Å². The van der Waals surface area contributed by atoms with Gasteiger partial charge in [0.05, 0.1) is 5.56 Å². The van der Waals surface area contributed by atoms with Gasteiger partial charge in [-0.3, -0.25) is 0 Å². The highest BCUT2D eigenvalue weighted by atomic mass is 35.5. The van der Waals surface area contributed by atoms with Crippen LogP contribution < -0.4 is 4.90 Å². The second-order valence-electron chi connectivity index (χ2n) is 6.69. The third-order valence-corrected chi connectivity index (χ3v) is 4.92. The number of hydrogen-bond acceptors (Lipinski definition) is 6. The minimum absolute atomic E-state index is 0.453. The lowest BCUT2D eigenvalue weighted by Gasteiger charge is -2.30. The van der Waals surface area contributed by atoms with Crippen LogP contribution in [-0.4, -0.2) is 28.2 Å². The summed E-state index contributed by atoms with van der Waals surface area (Å²) in [6, 6.07) is 13.3. The van der Waals surface area contributed by atoms with Gasteiger partial charge in [0.25, 0.3) is 5.89 Å². The molecule has 0 spiro atoms. The van der Waals surface area contributed by atoms with E-state index in [4.69, 9.17) is 16.1 Å². The number of benzene rings is 1. The lowest BCUT2D eigenvalue weighted by molar-refractivity contribution is 0.428. The average Bonchev–Trinajstić information content (AvgIpc) is 3.17. The Balaban J connectivity index is 1.47. The SMILES string of the molecule is Cc1ccc(C#N)c(N2CCC(=Cc3noc(-c4cccc(Cl)c4)n3)CC2)n1. The largest absolute Gasteiger partial charge is 0.355 e. The molecule has 1 aliphatic rings. The highest BCUT2D eigenvalue weighted by Crippen LogP contribution is 2.26. The molecule has 0 N–H and O–H groups in total. The zero-order valence-corrected chi connectivity index (χ0v) is 16.1. The Hall–Kier alpha value is -3.17. The van der Waals surface area contributed by atoms with Gasteiger partial charge in [0, 0.05) is 29.4 Å². The van der Waals surface area contributed by atoms with Crippen LogP contribution >= 0.6 is 11.6 Å². The topological polar surface area (TPSA) is 78.8 Å². The minimum Gasteiger partial charge on any atom is -0.355 e. The highest BCUT2D eigenvalue weighted by Gasteiger charge is 2.19. The van der Waals surface area contributed by atoms with E-state index in [1.807, 2.05) is 37.3 Å². The Bertz CT molecular complexity index is 1070. The molecule has 3 aromatic rings. The highest BCUT2D eigenvalue weighted by molar-refractivity contribution is 6.30. The van der Waals surface area contributed by atoms with Crippen molar-refractivity contribution in [3.05, 3.63) is 64.1 Å². The van der Waals surface area contributed by atoms with E-state index < -0.39 is 0 Å². The van der Waals surface area contributed by atoms with Crippen LogP contribution in [0.15, 0.2) is 46.5 Å². The number of rotatable bonds is 3. The van der Waals surface area contributed by atoms with Crippen LogP contribution in [0, 0.1) is 18.3 Å². The molecular formula is C21H18ClN5O. The maximum absolute atomic E-state index is 9.34. The van der Waals surface area contributed by atoms with Gasteiger partial charge in [-0.1, -0.05) is 28.4 Å². The molecule has 0 bridgehead atoms. The molecular weight excluding hydrogens is 374 g/mol. The third-order valence-electron chi connectivity index (χ3n) is 4.69. The Morgan fingerprint density at radius 1 is 1.18 bits per heavy atom. The number of aromatic nitrogens is 3. The minimum atomic E-state index is 0.453. The van der Waals surface area contributed by atoms with Crippen molar-refractivity contribution in [1.82, 2.24) is 15.1 Å². The number of piperidine rings is 1. The summed E-state index contributed by atoms with van der Waals surface area (Å²) in [5.74, 6) is 1.78. The zero-order chi connectivity index (χ0) is 19.5. The summed E-state index contributed by atoms with van der Waals surface area (Å²) in [7, 11) is 0. The number of nitriles is 1. The van der Waals surface area contributed by atoms with Crippen molar-refractivity contribution < 1.29 is 4.52 Å². The second-order valence-corrected chi connectivity index (χ2v) is 7.13. The summed E-state index contributed by atoms with van der Waals surface area (Å²) in [4.78, 5) is 11.2. The first-order valence-corrected chi connectivity index (χ1v) is 9.42. The second kappa shape index (κ2) is 7.83. The molecule has 140 valence electrons. The van der Waals surface area contributed by atoms with Gasteiger partial charge in [0.15, 0.2) is 5.82 Å². The van der Waals surface area contributed by atoms with E-state index in [1.165, 1.54) is 5.57 Å². The monoisotopic (exact) mass is 391 g/mol. The lowest BCUT2D eigenvalue weighted by atomic mass is 10.0. The Morgan fingerprint density at radius 2 is 2.00 bits per heavy atom.